The first-order chi connectivity index (χ1) is 6.72. The third-order valence-corrected chi connectivity index (χ3v) is 3.25. The van der Waals surface area contributed by atoms with Crippen LogP contribution in [0.15, 0.2) is 0 Å². The fraction of sp³-hybridized carbons (Fsp3) is 0.900. The Morgan fingerprint density at radius 3 is 2.71 bits per heavy atom. The van der Waals surface area contributed by atoms with E-state index in [2.05, 4.69) is 5.32 Å². The van der Waals surface area contributed by atoms with Gasteiger partial charge in [-0.2, -0.15) is 0 Å². The molecule has 1 atom stereocenters. The fourth-order valence-corrected chi connectivity index (χ4v) is 2.48. The minimum absolute atomic E-state index is 0.0421. The van der Waals surface area contributed by atoms with E-state index >= 15 is 0 Å². The first-order valence-electron chi connectivity index (χ1n) is 5.30. The quantitative estimate of drug-likeness (QED) is 0.654. The number of carbonyl (C=O) groups is 1. The van der Waals surface area contributed by atoms with Crippen molar-refractivity contribution in [2.75, 3.05) is 13.2 Å². The van der Waals surface area contributed by atoms with E-state index in [1.54, 1.807) is 0 Å². The van der Waals surface area contributed by atoms with Crippen LogP contribution in [0, 0.1) is 0 Å². The van der Waals surface area contributed by atoms with Crippen LogP contribution in [-0.4, -0.2) is 35.9 Å². The topological polar surface area (TPSA) is 58.6 Å². The Balaban J connectivity index is 2.01. The summed E-state index contributed by atoms with van der Waals surface area (Å²) in [7, 11) is 0. The molecule has 14 heavy (non-hydrogen) atoms. The van der Waals surface area contributed by atoms with Gasteiger partial charge in [-0.1, -0.05) is 19.3 Å². The number of ether oxygens (including phenoxy) is 1. The van der Waals surface area contributed by atoms with Gasteiger partial charge in [0.05, 0.1) is 13.2 Å². The first-order valence-corrected chi connectivity index (χ1v) is 5.30. The standard InChI is InChI=1S/C10H17NO3/c12-9(13)8-6-14-7-10(11-8)4-2-1-3-5-10/h8,11H,1-7H2,(H,12,13). The highest BCUT2D eigenvalue weighted by atomic mass is 16.5. The summed E-state index contributed by atoms with van der Waals surface area (Å²) in [6.07, 6.45) is 5.74. The van der Waals surface area contributed by atoms with Gasteiger partial charge in [0.2, 0.25) is 0 Å². The van der Waals surface area contributed by atoms with Gasteiger partial charge in [0.15, 0.2) is 0 Å². The average molecular weight is 199 g/mol. The van der Waals surface area contributed by atoms with Crippen molar-refractivity contribution in [1.29, 1.82) is 0 Å². The lowest BCUT2D eigenvalue weighted by atomic mass is 9.81. The molecule has 4 heteroatoms. The van der Waals surface area contributed by atoms with Crippen LogP contribution in [-0.2, 0) is 9.53 Å². The summed E-state index contributed by atoms with van der Waals surface area (Å²) in [6, 6.07) is -0.512. The molecule has 2 rings (SSSR count). The molecule has 0 radical (unpaired) electrons. The maximum atomic E-state index is 10.8. The number of hydrogen-bond acceptors (Lipinski definition) is 3. The van der Waals surface area contributed by atoms with Gasteiger partial charge in [-0.25, -0.2) is 0 Å². The number of aliphatic carboxylic acids is 1. The number of rotatable bonds is 1. The number of nitrogens with one attached hydrogen (secondary N) is 1. The van der Waals surface area contributed by atoms with E-state index in [4.69, 9.17) is 9.84 Å². The summed E-state index contributed by atoms with van der Waals surface area (Å²) in [4.78, 5) is 10.8. The van der Waals surface area contributed by atoms with Crippen LogP contribution in [0.25, 0.3) is 0 Å². The van der Waals surface area contributed by atoms with Crippen molar-refractivity contribution in [2.24, 2.45) is 0 Å². The lowest BCUT2D eigenvalue weighted by molar-refractivity contribution is -0.146. The third kappa shape index (κ3) is 1.91. The Morgan fingerprint density at radius 2 is 2.07 bits per heavy atom. The molecular weight excluding hydrogens is 182 g/mol. The van der Waals surface area contributed by atoms with Gasteiger partial charge in [0.25, 0.3) is 0 Å². The summed E-state index contributed by atoms with van der Waals surface area (Å²) in [5.41, 5.74) is -0.0421. The summed E-state index contributed by atoms with van der Waals surface area (Å²) in [6.45, 7) is 0.980. The second kappa shape index (κ2) is 3.87. The summed E-state index contributed by atoms with van der Waals surface area (Å²) in [5.74, 6) is -0.797. The number of hydrogen-bond donors (Lipinski definition) is 2. The third-order valence-electron chi connectivity index (χ3n) is 3.25. The van der Waals surface area contributed by atoms with Gasteiger partial charge in [-0.3, -0.25) is 10.1 Å². The van der Waals surface area contributed by atoms with Gasteiger partial charge in [0, 0.05) is 5.54 Å². The van der Waals surface area contributed by atoms with E-state index in [1.165, 1.54) is 19.3 Å². The largest absolute Gasteiger partial charge is 0.480 e. The highest BCUT2D eigenvalue weighted by molar-refractivity contribution is 5.73. The second-order valence-electron chi connectivity index (χ2n) is 4.39. The number of morpholine rings is 1. The zero-order valence-electron chi connectivity index (χ0n) is 8.29. The van der Waals surface area contributed by atoms with Gasteiger partial charge in [-0.05, 0) is 12.8 Å². The van der Waals surface area contributed by atoms with E-state index in [1.807, 2.05) is 0 Å². The molecule has 4 nitrogen and oxygen atoms in total. The van der Waals surface area contributed by atoms with E-state index in [0.717, 1.165) is 12.8 Å². The van der Waals surface area contributed by atoms with Crippen LogP contribution in [0.2, 0.25) is 0 Å². The molecule has 1 saturated heterocycles. The summed E-state index contributed by atoms with van der Waals surface area (Å²) >= 11 is 0. The van der Waals surface area contributed by atoms with Crippen LogP contribution in [0.3, 0.4) is 0 Å². The zero-order chi connectivity index (χ0) is 10.0. The van der Waals surface area contributed by atoms with Crippen LogP contribution in [0.5, 0.6) is 0 Å². The lowest BCUT2D eigenvalue weighted by Crippen LogP contribution is -2.62. The molecule has 1 saturated carbocycles. The smallest absolute Gasteiger partial charge is 0.323 e. The van der Waals surface area contributed by atoms with Gasteiger partial charge in [-0.15, -0.1) is 0 Å². The van der Waals surface area contributed by atoms with Crippen molar-refractivity contribution in [3.63, 3.8) is 0 Å². The van der Waals surface area contributed by atoms with Crippen LogP contribution < -0.4 is 5.32 Å². The minimum atomic E-state index is -0.797. The Kier molecular flexibility index (Phi) is 2.74. The minimum Gasteiger partial charge on any atom is -0.480 e. The number of carboxylic acid groups (broad SMARTS) is 1. The molecule has 0 bridgehead atoms. The van der Waals surface area contributed by atoms with Crippen molar-refractivity contribution >= 4 is 5.97 Å². The van der Waals surface area contributed by atoms with E-state index < -0.39 is 12.0 Å². The molecule has 0 aromatic rings. The monoisotopic (exact) mass is 199 g/mol. The molecule has 1 aliphatic heterocycles. The highest BCUT2D eigenvalue weighted by Crippen LogP contribution is 2.30. The molecular formula is C10H17NO3. The van der Waals surface area contributed by atoms with Crippen LogP contribution >= 0.6 is 0 Å². The van der Waals surface area contributed by atoms with Crippen molar-refractivity contribution in [1.82, 2.24) is 5.32 Å². The second-order valence-corrected chi connectivity index (χ2v) is 4.39. The Labute approximate surface area is 83.6 Å². The van der Waals surface area contributed by atoms with Crippen molar-refractivity contribution in [3.05, 3.63) is 0 Å². The molecule has 2 aliphatic rings. The van der Waals surface area contributed by atoms with E-state index in [9.17, 15) is 4.79 Å². The summed E-state index contributed by atoms with van der Waals surface area (Å²) < 4.78 is 5.39. The molecule has 1 unspecified atom stereocenters. The van der Waals surface area contributed by atoms with E-state index in [0.29, 0.717) is 13.2 Å². The van der Waals surface area contributed by atoms with Crippen LogP contribution in [0.1, 0.15) is 32.1 Å². The Bertz CT molecular complexity index is 218. The normalized spacial score (nSPS) is 31.6. The Morgan fingerprint density at radius 1 is 1.36 bits per heavy atom. The SMILES string of the molecule is O=C(O)C1COCC2(CCCCC2)N1. The molecule has 2 fully saturated rings. The molecule has 0 aromatic carbocycles. The van der Waals surface area contributed by atoms with E-state index in [-0.39, 0.29) is 5.54 Å². The van der Waals surface area contributed by atoms with Crippen molar-refractivity contribution < 1.29 is 14.6 Å². The average Bonchev–Trinajstić information content (AvgIpc) is 2.19. The van der Waals surface area contributed by atoms with Gasteiger partial charge < -0.3 is 9.84 Å². The molecule has 0 aromatic heterocycles. The molecule has 0 amide bonds. The molecule has 80 valence electrons. The van der Waals surface area contributed by atoms with Gasteiger partial charge >= 0.3 is 5.97 Å². The summed E-state index contributed by atoms with van der Waals surface area (Å²) in [5, 5.41) is 12.2. The van der Waals surface area contributed by atoms with Crippen molar-refractivity contribution in [3.8, 4) is 0 Å². The lowest BCUT2D eigenvalue weighted by Gasteiger charge is -2.43. The predicted molar refractivity (Wildman–Crippen MR) is 51.2 cm³/mol. The molecule has 1 aliphatic carbocycles. The Hall–Kier alpha value is -0.610. The van der Waals surface area contributed by atoms with Gasteiger partial charge in [0.1, 0.15) is 6.04 Å². The van der Waals surface area contributed by atoms with Crippen molar-refractivity contribution in [2.45, 2.75) is 43.7 Å². The maximum absolute atomic E-state index is 10.8. The molecule has 1 spiro atoms. The fourth-order valence-electron chi connectivity index (χ4n) is 2.48. The highest BCUT2D eigenvalue weighted by Gasteiger charge is 2.39. The first kappa shape index (κ1) is 9.93. The molecule has 1 heterocycles. The predicted octanol–water partition coefficient (Wildman–Crippen LogP) is 0.762. The molecule has 2 N–H and O–H groups in total. The maximum Gasteiger partial charge on any atom is 0.323 e. The zero-order valence-corrected chi connectivity index (χ0v) is 8.29. The van der Waals surface area contributed by atoms with Crippen LogP contribution in [0.4, 0.5) is 0 Å². The number of carboxylic acids is 1.